The highest BCUT2D eigenvalue weighted by Gasteiger charge is 2.50. The molecule has 11 aromatic carbocycles. The van der Waals surface area contributed by atoms with Crippen molar-refractivity contribution in [1.82, 2.24) is 4.57 Å². The van der Waals surface area contributed by atoms with Gasteiger partial charge >= 0.3 is 14.0 Å². The Hall–Kier alpha value is -9.23. The van der Waals surface area contributed by atoms with E-state index in [1.54, 1.807) is 0 Å². The molecular formula is C66H41B2N5S. The molecule has 0 fully saturated rings. The molecule has 2 aromatic heterocycles. The number of thiophene rings is 1. The molecule has 17 rings (SSSR count). The van der Waals surface area contributed by atoms with Gasteiger partial charge < -0.3 is 23.8 Å². The lowest BCUT2D eigenvalue weighted by Crippen LogP contribution is -2.55. The van der Waals surface area contributed by atoms with Crippen LogP contribution in [0.1, 0.15) is 0 Å². The van der Waals surface area contributed by atoms with Crippen molar-refractivity contribution in [2.75, 3.05) is 19.2 Å². The molecule has 13 aromatic rings. The summed E-state index contributed by atoms with van der Waals surface area (Å²) in [6.07, 6.45) is 0. The molecule has 0 amide bonds. The second-order valence-electron chi connectivity index (χ2n) is 19.9. The van der Waals surface area contributed by atoms with Gasteiger partial charge in [0, 0.05) is 70.5 Å². The predicted molar refractivity (Wildman–Crippen MR) is 315 cm³/mol. The maximum atomic E-state index is 2.60. The van der Waals surface area contributed by atoms with Gasteiger partial charge in [0.25, 0.3) is 0 Å². The number of hydrogen-bond donors (Lipinski definition) is 0. The molecule has 6 heterocycles. The number of fused-ring (bicyclic) bond motifs is 24. The molecule has 0 N–H and O–H groups in total. The standard InChI is InChI=1S/C66H41B2N5S/c1-4-19-43(20-5-1)69-53-30-13-10-25-47(53)64-59(69)39-36-51-62(64)48-26-11-14-31-54(48)73-58-38-35-42(41-60(58)71(68(51)73)45-23-8-3-9-24-45)46-28-18-29-50-65-61(74-66(46)50)40-37-52-63(65)49-27-12-15-32-55(49)72-57-34-17-16-33-56(57)70(67(52)72)44-21-6-2-7-22-44/h1-41H. The van der Waals surface area contributed by atoms with Crippen molar-refractivity contribution in [2.45, 2.75) is 0 Å². The molecule has 342 valence electrons. The molecule has 0 radical (unpaired) electrons. The van der Waals surface area contributed by atoms with E-state index in [1.807, 2.05) is 11.3 Å². The third kappa shape index (κ3) is 5.34. The van der Waals surface area contributed by atoms with E-state index in [0.717, 1.165) is 11.4 Å². The molecule has 4 aliphatic rings. The first-order valence-electron chi connectivity index (χ1n) is 25.6. The van der Waals surface area contributed by atoms with Crippen LogP contribution < -0.4 is 30.2 Å². The van der Waals surface area contributed by atoms with E-state index < -0.39 is 0 Å². The summed E-state index contributed by atoms with van der Waals surface area (Å²) in [6.45, 7) is -0.172. The van der Waals surface area contributed by atoms with Gasteiger partial charge in [0.2, 0.25) is 0 Å². The fraction of sp³-hybridized carbons (Fsp3) is 0. The Balaban J connectivity index is 0.869. The lowest BCUT2D eigenvalue weighted by Gasteiger charge is -2.36. The summed E-state index contributed by atoms with van der Waals surface area (Å²) in [5.74, 6) is 0. The van der Waals surface area contributed by atoms with Gasteiger partial charge in [-0.3, -0.25) is 0 Å². The fourth-order valence-corrected chi connectivity index (χ4v) is 14.6. The topological polar surface area (TPSA) is 17.9 Å². The Bertz CT molecular complexity index is 4470. The molecule has 0 bridgehead atoms. The Morgan fingerprint density at radius 2 is 0.811 bits per heavy atom. The van der Waals surface area contributed by atoms with Crippen molar-refractivity contribution in [3.8, 4) is 39.1 Å². The van der Waals surface area contributed by atoms with Gasteiger partial charge in [0.15, 0.2) is 0 Å². The van der Waals surface area contributed by atoms with Crippen LogP contribution in [0.5, 0.6) is 0 Å². The first-order valence-corrected chi connectivity index (χ1v) is 26.4. The maximum Gasteiger partial charge on any atom is 0.421 e. The Morgan fingerprint density at radius 3 is 1.49 bits per heavy atom. The van der Waals surface area contributed by atoms with Gasteiger partial charge in [-0.15, -0.1) is 11.3 Å². The van der Waals surface area contributed by atoms with E-state index in [-0.39, 0.29) is 14.0 Å². The van der Waals surface area contributed by atoms with Gasteiger partial charge in [-0.2, -0.15) is 0 Å². The van der Waals surface area contributed by atoms with Gasteiger partial charge in [-0.1, -0.05) is 158 Å². The first-order chi connectivity index (χ1) is 36.8. The summed E-state index contributed by atoms with van der Waals surface area (Å²) in [4.78, 5) is 10.3. The fourth-order valence-electron chi connectivity index (χ4n) is 13.4. The minimum Gasteiger partial charge on any atom is -0.360 e. The van der Waals surface area contributed by atoms with Crippen molar-refractivity contribution in [3.05, 3.63) is 249 Å². The number of rotatable bonds is 4. The van der Waals surface area contributed by atoms with Gasteiger partial charge in [-0.05, 0) is 124 Å². The molecule has 0 unspecified atom stereocenters. The van der Waals surface area contributed by atoms with Gasteiger partial charge in [0.1, 0.15) is 0 Å². The minimum atomic E-state index is -0.126. The predicted octanol–water partition coefficient (Wildman–Crippen LogP) is 16.1. The summed E-state index contributed by atoms with van der Waals surface area (Å²) in [5.41, 5.74) is 23.4. The average molecular weight is 958 g/mol. The van der Waals surface area contributed by atoms with Crippen LogP contribution in [-0.2, 0) is 0 Å². The summed E-state index contributed by atoms with van der Waals surface area (Å²) >= 11 is 1.92. The number of hydrogen-bond acceptors (Lipinski definition) is 5. The van der Waals surface area contributed by atoms with E-state index in [1.165, 1.54) is 126 Å². The second kappa shape index (κ2) is 15.2. The van der Waals surface area contributed by atoms with Crippen LogP contribution in [0, 0.1) is 0 Å². The number of para-hydroxylation sites is 8. The van der Waals surface area contributed by atoms with Crippen LogP contribution in [0.2, 0.25) is 0 Å². The number of nitrogens with zero attached hydrogens (tertiary/aromatic N) is 5. The zero-order valence-corrected chi connectivity index (χ0v) is 40.8. The summed E-state index contributed by atoms with van der Waals surface area (Å²) in [6, 6.07) is 92.5. The Labute approximate surface area is 432 Å². The minimum absolute atomic E-state index is 0.0460. The SMILES string of the molecule is c1ccc(N2B3c4ccc5sc6c(-c7ccc8c(c7)N(c7ccccc7)B7c9ccc%10c(c9-c9ccccc9N78)c7ccccc7n%10-c7ccccc7)cccc6c5c4-c4ccccc4N3c3ccccc32)cc1. The molecule has 0 aliphatic carbocycles. The number of aromatic nitrogens is 1. The molecule has 0 atom stereocenters. The molecule has 0 spiro atoms. The van der Waals surface area contributed by atoms with Gasteiger partial charge in [-0.25, -0.2) is 0 Å². The molecule has 0 saturated carbocycles. The summed E-state index contributed by atoms with van der Waals surface area (Å²) < 4.78 is 5.05. The molecule has 4 aliphatic heterocycles. The first kappa shape index (κ1) is 40.4. The normalized spacial score (nSPS) is 13.8. The monoisotopic (exact) mass is 957 g/mol. The van der Waals surface area contributed by atoms with E-state index in [9.17, 15) is 0 Å². The molecule has 0 saturated heterocycles. The molecule has 8 heteroatoms. The van der Waals surface area contributed by atoms with Gasteiger partial charge in [0.05, 0.1) is 33.8 Å². The highest BCUT2D eigenvalue weighted by atomic mass is 32.1. The smallest absolute Gasteiger partial charge is 0.360 e. The zero-order valence-electron chi connectivity index (χ0n) is 40.0. The lowest BCUT2D eigenvalue weighted by molar-refractivity contribution is 1.18. The molecular weight excluding hydrogens is 916 g/mol. The Morgan fingerprint density at radius 1 is 0.311 bits per heavy atom. The van der Waals surface area contributed by atoms with E-state index in [4.69, 9.17) is 0 Å². The third-order valence-corrected chi connectivity index (χ3v) is 17.5. The van der Waals surface area contributed by atoms with E-state index in [2.05, 4.69) is 273 Å². The van der Waals surface area contributed by atoms with Crippen molar-refractivity contribution in [3.63, 3.8) is 0 Å². The van der Waals surface area contributed by atoms with Crippen LogP contribution in [0.15, 0.2) is 249 Å². The average Bonchev–Trinajstić information content (AvgIpc) is 4.23. The Kier molecular flexibility index (Phi) is 8.27. The van der Waals surface area contributed by atoms with Crippen molar-refractivity contribution in [1.29, 1.82) is 0 Å². The van der Waals surface area contributed by atoms with Crippen LogP contribution in [-0.4, -0.2) is 18.5 Å². The van der Waals surface area contributed by atoms with Crippen molar-refractivity contribution >= 4 is 124 Å². The van der Waals surface area contributed by atoms with Crippen LogP contribution >= 0.6 is 11.3 Å². The number of benzene rings is 11. The lowest BCUT2D eigenvalue weighted by atomic mass is 9.59. The zero-order chi connectivity index (χ0) is 48.2. The number of anilines is 8. The quantitative estimate of drug-likeness (QED) is 0.164. The summed E-state index contributed by atoms with van der Waals surface area (Å²) in [7, 11) is 0. The molecule has 74 heavy (non-hydrogen) atoms. The van der Waals surface area contributed by atoms with Crippen molar-refractivity contribution in [2.24, 2.45) is 0 Å². The second-order valence-corrected chi connectivity index (χ2v) is 21.0. The van der Waals surface area contributed by atoms with Crippen LogP contribution in [0.4, 0.5) is 45.5 Å². The van der Waals surface area contributed by atoms with E-state index in [0.29, 0.717) is 0 Å². The molecule has 5 nitrogen and oxygen atoms in total. The summed E-state index contributed by atoms with van der Waals surface area (Å²) in [5, 5.41) is 5.18. The maximum absolute atomic E-state index is 2.60. The van der Waals surface area contributed by atoms with Crippen LogP contribution in [0.3, 0.4) is 0 Å². The highest BCUT2D eigenvalue weighted by molar-refractivity contribution is 7.26. The highest BCUT2D eigenvalue weighted by Crippen LogP contribution is 2.56. The van der Waals surface area contributed by atoms with E-state index >= 15 is 0 Å². The van der Waals surface area contributed by atoms with Crippen LogP contribution in [0.25, 0.3) is 81.0 Å². The largest absolute Gasteiger partial charge is 0.421 e. The van der Waals surface area contributed by atoms with Crippen molar-refractivity contribution < 1.29 is 0 Å². The third-order valence-electron chi connectivity index (χ3n) is 16.3.